The number of halogens is 4. The van der Waals surface area contributed by atoms with Crippen LogP contribution >= 0.6 is 25.3 Å². The summed E-state index contributed by atoms with van der Waals surface area (Å²) in [5.41, 5.74) is 0.583. The highest BCUT2D eigenvalue weighted by molar-refractivity contribution is 8.00. The number of alkyl halides is 3. The Labute approximate surface area is 179 Å². The molecule has 4 rings (SSSR count). The zero-order valence-electron chi connectivity index (χ0n) is 15.1. The van der Waals surface area contributed by atoms with E-state index >= 15 is 0 Å². The van der Waals surface area contributed by atoms with Crippen molar-refractivity contribution in [3.8, 4) is 5.69 Å². The van der Waals surface area contributed by atoms with Crippen LogP contribution in [-0.4, -0.2) is 27.2 Å². The van der Waals surface area contributed by atoms with E-state index in [0.29, 0.717) is 36.0 Å². The first kappa shape index (κ1) is 20.7. The van der Waals surface area contributed by atoms with Gasteiger partial charge < -0.3 is 5.32 Å². The Hall–Kier alpha value is -2.53. The van der Waals surface area contributed by atoms with E-state index in [9.17, 15) is 22.4 Å². The highest BCUT2D eigenvalue weighted by Gasteiger charge is 2.35. The number of nitrogens with one attached hydrogen (secondary N) is 1. The standard InChI is InChI=1S/C19H14F4N4OS2/c20-12-6-10(5-11(7-12)19(21,22)23)18(29,30)16-8-13(1-3-24-16)27-15-2-4-25-17(28)14(15)9-26-27/h1,3,5-9,29-30H,2,4H2,(H,25,28). The van der Waals surface area contributed by atoms with Crippen molar-refractivity contribution in [1.82, 2.24) is 20.1 Å². The topological polar surface area (TPSA) is 59.8 Å². The number of pyridine rings is 1. The third-order valence-electron chi connectivity index (χ3n) is 4.73. The molecule has 0 saturated carbocycles. The monoisotopic (exact) mass is 454 g/mol. The summed E-state index contributed by atoms with van der Waals surface area (Å²) in [5.74, 6) is -1.29. The lowest BCUT2D eigenvalue weighted by Crippen LogP contribution is -2.32. The fourth-order valence-corrected chi connectivity index (χ4v) is 3.76. The first-order valence-electron chi connectivity index (χ1n) is 8.72. The molecule has 1 amide bonds. The number of benzene rings is 1. The second kappa shape index (κ2) is 7.31. The highest BCUT2D eigenvalue weighted by atomic mass is 32.2. The van der Waals surface area contributed by atoms with Crippen LogP contribution in [0.2, 0.25) is 0 Å². The Morgan fingerprint density at radius 3 is 2.57 bits per heavy atom. The number of hydrogen-bond acceptors (Lipinski definition) is 5. The molecule has 0 unspecified atom stereocenters. The Morgan fingerprint density at radius 2 is 1.83 bits per heavy atom. The lowest BCUT2D eigenvalue weighted by Gasteiger charge is -2.24. The zero-order valence-corrected chi connectivity index (χ0v) is 16.9. The fourth-order valence-electron chi connectivity index (χ4n) is 3.26. The molecule has 1 aromatic carbocycles. The summed E-state index contributed by atoms with van der Waals surface area (Å²) in [5, 5.41) is 6.97. The van der Waals surface area contributed by atoms with Crippen molar-refractivity contribution < 1.29 is 22.4 Å². The number of aromatic nitrogens is 3. The van der Waals surface area contributed by atoms with E-state index in [-0.39, 0.29) is 17.2 Å². The molecule has 0 aliphatic carbocycles. The van der Waals surface area contributed by atoms with Crippen LogP contribution in [0.3, 0.4) is 0 Å². The molecule has 0 radical (unpaired) electrons. The van der Waals surface area contributed by atoms with Gasteiger partial charge in [-0.05, 0) is 35.9 Å². The molecule has 0 spiro atoms. The van der Waals surface area contributed by atoms with Crippen LogP contribution in [0.25, 0.3) is 5.69 Å². The summed E-state index contributed by atoms with van der Waals surface area (Å²) in [4.78, 5) is 16.1. The Kier molecular flexibility index (Phi) is 5.05. The maximum Gasteiger partial charge on any atom is 0.416 e. The third-order valence-corrected chi connectivity index (χ3v) is 5.71. The van der Waals surface area contributed by atoms with Gasteiger partial charge in [0.25, 0.3) is 5.91 Å². The van der Waals surface area contributed by atoms with Crippen LogP contribution < -0.4 is 5.32 Å². The Morgan fingerprint density at radius 1 is 1.10 bits per heavy atom. The fraction of sp³-hybridized carbons (Fsp3) is 0.211. The predicted molar refractivity (Wildman–Crippen MR) is 108 cm³/mol. The van der Waals surface area contributed by atoms with Crippen LogP contribution in [0.15, 0.2) is 42.7 Å². The van der Waals surface area contributed by atoms with Crippen molar-refractivity contribution in [1.29, 1.82) is 0 Å². The number of carbonyl (C=O) groups excluding carboxylic acids is 1. The molecule has 11 heteroatoms. The second-order valence-electron chi connectivity index (χ2n) is 6.72. The first-order valence-corrected chi connectivity index (χ1v) is 9.62. The van der Waals surface area contributed by atoms with Gasteiger partial charge in [0, 0.05) is 19.2 Å². The van der Waals surface area contributed by atoms with Gasteiger partial charge in [0.2, 0.25) is 0 Å². The van der Waals surface area contributed by atoms with Crippen molar-refractivity contribution in [2.75, 3.05) is 6.54 Å². The molecule has 2 aromatic heterocycles. The zero-order chi connectivity index (χ0) is 21.7. The summed E-state index contributed by atoms with van der Waals surface area (Å²) < 4.78 is 53.1. The van der Waals surface area contributed by atoms with Crippen LogP contribution in [-0.2, 0) is 16.7 Å². The molecule has 1 aliphatic rings. The number of hydrogen-bond donors (Lipinski definition) is 3. The maximum atomic E-state index is 13.9. The van der Waals surface area contributed by atoms with Gasteiger partial charge in [-0.3, -0.25) is 9.78 Å². The van der Waals surface area contributed by atoms with Crippen molar-refractivity contribution in [2.24, 2.45) is 0 Å². The molecule has 3 aromatic rings. The lowest BCUT2D eigenvalue weighted by atomic mass is 10.0. The minimum Gasteiger partial charge on any atom is -0.352 e. The number of fused-ring (bicyclic) bond motifs is 1. The Balaban J connectivity index is 1.78. The maximum absolute atomic E-state index is 13.9. The van der Waals surface area contributed by atoms with E-state index in [1.807, 2.05) is 0 Å². The van der Waals surface area contributed by atoms with Gasteiger partial charge in [-0.15, -0.1) is 0 Å². The van der Waals surface area contributed by atoms with Gasteiger partial charge in [0.1, 0.15) is 9.90 Å². The molecule has 1 aliphatic heterocycles. The normalized spacial score (nSPS) is 14.4. The van der Waals surface area contributed by atoms with Crippen molar-refractivity contribution in [2.45, 2.75) is 16.7 Å². The van der Waals surface area contributed by atoms with Gasteiger partial charge in [-0.2, -0.15) is 43.5 Å². The quantitative estimate of drug-likeness (QED) is 0.321. The summed E-state index contributed by atoms with van der Waals surface area (Å²) in [6.07, 6.45) is -1.30. The molecule has 5 nitrogen and oxygen atoms in total. The van der Waals surface area contributed by atoms with Crippen molar-refractivity contribution in [3.05, 3.63) is 76.6 Å². The SMILES string of the molecule is O=C1NCCc2c1cnn2-c1ccnc(C(S)(S)c2cc(F)cc(C(F)(F)F)c2)c1. The smallest absolute Gasteiger partial charge is 0.352 e. The van der Waals surface area contributed by atoms with Crippen molar-refractivity contribution in [3.63, 3.8) is 0 Å². The Bertz CT molecular complexity index is 1140. The first-order chi connectivity index (χ1) is 14.1. The van der Waals surface area contributed by atoms with E-state index in [2.05, 4.69) is 40.7 Å². The molecule has 0 bridgehead atoms. The van der Waals surface area contributed by atoms with E-state index in [0.717, 1.165) is 12.1 Å². The summed E-state index contributed by atoms with van der Waals surface area (Å²) in [6, 6.07) is 5.30. The van der Waals surface area contributed by atoms with Gasteiger partial charge in [0.15, 0.2) is 0 Å². The summed E-state index contributed by atoms with van der Waals surface area (Å²) >= 11 is 8.77. The number of rotatable bonds is 3. The average Bonchev–Trinajstić information content (AvgIpc) is 3.12. The van der Waals surface area contributed by atoms with E-state index in [4.69, 9.17) is 0 Å². The van der Waals surface area contributed by atoms with Crippen LogP contribution in [0, 0.1) is 5.82 Å². The molecule has 3 heterocycles. The summed E-state index contributed by atoms with van der Waals surface area (Å²) in [7, 11) is 0. The minimum absolute atomic E-state index is 0.118. The van der Waals surface area contributed by atoms with Gasteiger partial charge >= 0.3 is 6.18 Å². The lowest BCUT2D eigenvalue weighted by molar-refractivity contribution is -0.137. The molecular weight excluding hydrogens is 440 g/mol. The van der Waals surface area contributed by atoms with E-state index < -0.39 is 21.6 Å². The molecule has 0 atom stereocenters. The summed E-state index contributed by atoms with van der Waals surface area (Å²) in [6.45, 7) is 0.460. The molecule has 1 N–H and O–H groups in total. The largest absolute Gasteiger partial charge is 0.416 e. The second-order valence-corrected chi connectivity index (χ2v) is 8.41. The van der Waals surface area contributed by atoms with Gasteiger partial charge in [0.05, 0.1) is 34.4 Å². The number of carbonyl (C=O) groups is 1. The predicted octanol–water partition coefficient (Wildman–Crippen LogP) is 3.77. The van der Waals surface area contributed by atoms with E-state index in [1.165, 1.54) is 18.5 Å². The number of amides is 1. The molecule has 156 valence electrons. The molecular formula is C19H14F4N4OS2. The molecule has 0 saturated heterocycles. The third kappa shape index (κ3) is 3.67. The number of nitrogens with zero attached hydrogens (tertiary/aromatic N) is 3. The van der Waals surface area contributed by atoms with Crippen LogP contribution in [0.5, 0.6) is 0 Å². The van der Waals surface area contributed by atoms with Gasteiger partial charge in [-0.1, -0.05) is 0 Å². The van der Waals surface area contributed by atoms with E-state index in [1.54, 1.807) is 10.7 Å². The van der Waals surface area contributed by atoms with Crippen LogP contribution in [0.1, 0.15) is 32.9 Å². The number of thiol groups is 2. The highest BCUT2D eigenvalue weighted by Crippen LogP contribution is 2.42. The van der Waals surface area contributed by atoms with Crippen LogP contribution in [0.4, 0.5) is 17.6 Å². The van der Waals surface area contributed by atoms with Crippen molar-refractivity contribution >= 4 is 31.2 Å². The molecule has 30 heavy (non-hydrogen) atoms. The molecule has 0 fully saturated rings. The minimum atomic E-state index is -4.72. The van der Waals surface area contributed by atoms with Gasteiger partial charge in [-0.25, -0.2) is 9.07 Å². The average molecular weight is 454 g/mol.